The fraction of sp³-hybridized carbons (Fsp3) is 0.212. The van der Waals surface area contributed by atoms with Crippen LogP contribution in [0.15, 0.2) is 114 Å². The molecule has 4 rings (SSSR count). The molecule has 4 aromatic rings. The number of hydrogen-bond donors (Lipinski definition) is 1. The second kappa shape index (κ2) is 14.5. The summed E-state index contributed by atoms with van der Waals surface area (Å²) in [6.45, 7) is 3.85. The quantitative estimate of drug-likeness (QED) is 0.197. The zero-order valence-electron chi connectivity index (χ0n) is 23.6. The summed E-state index contributed by atoms with van der Waals surface area (Å²) in [7, 11) is -4.11. The summed E-state index contributed by atoms with van der Waals surface area (Å²) in [6.07, 6.45) is 0.277. The maximum absolute atomic E-state index is 14.3. The summed E-state index contributed by atoms with van der Waals surface area (Å²) < 4.78 is 30.0. The number of nitrogens with one attached hydrogen (secondary N) is 1. The van der Waals surface area contributed by atoms with Crippen molar-refractivity contribution in [2.45, 2.75) is 37.8 Å². The molecule has 0 aromatic heterocycles. The maximum Gasteiger partial charge on any atom is 0.264 e. The molecule has 0 spiro atoms. The minimum atomic E-state index is -4.11. The van der Waals surface area contributed by atoms with Crippen molar-refractivity contribution < 1.29 is 18.0 Å². The van der Waals surface area contributed by atoms with Crippen molar-refractivity contribution in [2.75, 3.05) is 17.4 Å². The second-order valence-electron chi connectivity index (χ2n) is 9.91. The predicted octanol–water partition coefficient (Wildman–Crippen LogP) is 5.57. The molecule has 0 bridgehead atoms. The zero-order valence-corrected chi connectivity index (χ0v) is 26.6. The van der Waals surface area contributed by atoms with E-state index in [-0.39, 0.29) is 23.8 Å². The molecule has 218 valence electrons. The van der Waals surface area contributed by atoms with Gasteiger partial charge >= 0.3 is 0 Å². The largest absolute Gasteiger partial charge is 0.355 e. The Kier molecular flexibility index (Phi) is 10.8. The lowest BCUT2D eigenvalue weighted by molar-refractivity contribution is -0.140. The molecule has 0 saturated heterocycles. The van der Waals surface area contributed by atoms with Crippen molar-refractivity contribution in [1.29, 1.82) is 0 Å². The van der Waals surface area contributed by atoms with Crippen LogP contribution >= 0.6 is 22.6 Å². The number of carbonyl (C=O) groups excluding carboxylic acids is 2. The summed E-state index contributed by atoms with van der Waals surface area (Å²) in [6, 6.07) is 31.4. The Morgan fingerprint density at radius 2 is 1.45 bits per heavy atom. The van der Waals surface area contributed by atoms with Crippen LogP contribution in [-0.2, 0) is 32.6 Å². The zero-order chi connectivity index (χ0) is 30.1. The van der Waals surface area contributed by atoms with E-state index in [1.165, 1.54) is 17.0 Å². The van der Waals surface area contributed by atoms with Gasteiger partial charge in [-0.1, -0.05) is 78.4 Å². The van der Waals surface area contributed by atoms with Crippen molar-refractivity contribution in [2.24, 2.45) is 0 Å². The number of nitrogens with zero attached hydrogens (tertiary/aromatic N) is 2. The first-order chi connectivity index (χ1) is 20.2. The van der Waals surface area contributed by atoms with Crippen LogP contribution in [0.3, 0.4) is 0 Å². The van der Waals surface area contributed by atoms with Crippen LogP contribution in [-0.4, -0.2) is 44.3 Å². The first-order valence-electron chi connectivity index (χ1n) is 13.7. The van der Waals surface area contributed by atoms with Crippen molar-refractivity contribution >= 4 is 50.1 Å². The summed E-state index contributed by atoms with van der Waals surface area (Å²) in [5.74, 6) is -0.782. The lowest BCUT2D eigenvalue weighted by atomic mass is 10.0. The molecular weight excluding hydrogens is 661 g/mol. The van der Waals surface area contributed by atoms with Gasteiger partial charge in [-0.05, 0) is 84.0 Å². The summed E-state index contributed by atoms with van der Waals surface area (Å²) in [5.41, 5.74) is 3.12. The highest BCUT2D eigenvalue weighted by atomic mass is 127. The Balaban J connectivity index is 1.78. The number of sulfonamides is 1. The number of rotatable bonds is 12. The molecule has 9 heteroatoms. The smallest absolute Gasteiger partial charge is 0.264 e. The fourth-order valence-electron chi connectivity index (χ4n) is 4.71. The predicted molar refractivity (Wildman–Crippen MR) is 174 cm³/mol. The molecule has 0 aliphatic heterocycles. The minimum Gasteiger partial charge on any atom is -0.355 e. The molecule has 0 radical (unpaired) electrons. The van der Waals surface area contributed by atoms with Crippen LogP contribution < -0.4 is 9.62 Å². The van der Waals surface area contributed by atoms with E-state index in [1.54, 1.807) is 42.5 Å². The Hall–Kier alpha value is -3.70. The van der Waals surface area contributed by atoms with Gasteiger partial charge in [0, 0.05) is 23.1 Å². The molecule has 0 saturated carbocycles. The molecule has 42 heavy (non-hydrogen) atoms. The van der Waals surface area contributed by atoms with Crippen molar-refractivity contribution in [1.82, 2.24) is 10.2 Å². The molecule has 0 aliphatic rings. The van der Waals surface area contributed by atoms with E-state index in [4.69, 9.17) is 0 Å². The third-order valence-electron chi connectivity index (χ3n) is 6.78. The highest BCUT2D eigenvalue weighted by Crippen LogP contribution is 2.26. The SMILES string of the molecule is CCNC(=O)[C@H](Cc1ccccc1)N(Cc1cccc(C)c1)C(=O)CN(c1ccc(I)cc1)S(=O)(=O)c1ccccc1. The molecule has 0 aliphatic carbocycles. The van der Waals surface area contributed by atoms with E-state index in [0.717, 1.165) is 24.6 Å². The normalized spacial score (nSPS) is 11.9. The molecule has 0 unspecified atom stereocenters. The lowest BCUT2D eigenvalue weighted by Crippen LogP contribution is -2.53. The Labute approximate surface area is 261 Å². The Morgan fingerprint density at radius 3 is 2.07 bits per heavy atom. The van der Waals surface area contributed by atoms with Gasteiger partial charge in [-0.3, -0.25) is 13.9 Å². The topological polar surface area (TPSA) is 86.8 Å². The van der Waals surface area contributed by atoms with Gasteiger partial charge in [0.05, 0.1) is 10.6 Å². The van der Waals surface area contributed by atoms with Gasteiger partial charge < -0.3 is 10.2 Å². The number of anilines is 1. The molecule has 0 fully saturated rings. The molecule has 0 heterocycles. The van der Waals surface area contributed by atoms with Gasteiger partial charge in [-0.25, -0.2) is 8.42 Å². The Morgan fingerprint density at radius 1 is 0.833 bits per heavy atom. The van der Waals surface area contributed by atoms with Crippen LogP contribution in [0, 0.1) is 10.5 Å². The van der Waals surface area contributed by atoms with Gasteiger partial charge in [0.1, 0.15) is 12.6 Å². The van der Waals surface area contributed by atoms with Gasteiger partial charge in [0.2, 0.25) is 11.8 Å². The first kappa shape index (κ1) is 31.2. The summed E-state index contributed by atoms with van der Waals surface area (Å²) >= 11 is 2.15. The van der Waals surface area contributed by atoms with Gasteiger partial charge in [0.25, 0.3) is 10.0 Å². The van der Waals surface area contributed by atoms with Crippen LogP contribution in [0.1, 0.15) is 23.6 Å². The first-order valence-corrected chi connectivity index (χ1v) is 16.2. The molecule has 4 aromatic carbocycles. The lowest BCUT2D eigenvalue weighted by Gasteiger charge is -2.34. The number of halogens is 1. The van der Waals surface area contributed by atoms with E-state index in [2.05, 4.69) is 27.9 Å². The van der Waals surface area contributed by atoms with Gasteiger partial charge in [0.15, 0.2) is 0 Å². The Bertz CT molecular complexity index is 1600. The standard InChI is InChI=1S/C33H34IN3O4S/c1-3-35-33(39)31(22-26-12-6-4-7-13-26)36(23-27-14-10-11-25(2)21-27)32(38)24-37(29-19-17-28(34)18-20-29)42(40,41)30-15-8-5-9-16-30/h4-21,31H,3,22-24H2,1-2H3,(H,35,39)/t31-/m0/s1. The fourth-order valence-corrected chi connectivity index (χ4v) is 6.50. The molecule has 2 amide bonds. The van der Waals surface area contributed by atoms with Crippen LogP contribution in [0.2, 0.25) is 0 Å². The van der Waals surface area contributed by atoms with Crippen LogP contribution in [0.4, 0.5) is 5.69 Å². The molecule has 1 atom stereocenters. The average Bonchev–Trinajstić information content (AvgIpc) is 2.99. The maximum atomic E-state index is 14.3. The van der Waals surface area contributed by atoms with E-state index in [0.29, 0.717) is 12.2 Å². The van der Waals surface area contributed by atoms with Crippen LogP contribution in [0.25, 0.3) is 0 Å². The molecule has 1 N–H and O–H groups in total. The number of hydrogen-bond acceptors (Lipinski definition) is 4. The number of likely N-dealkylation sites (N-methyl/N-ethyl adjacent to an activating group) is 1. The van der Waals surface area contributed by atoms with Crippen molar-refractivity contribution in [3.63, 3.8) is 0 Å². The van der Waals surface area contributed by atoms with Crippen molar-refractivity contribution in [3.05, 3.63) is 129 Å². The van der Waals surface area contributed by atoms with E-state index >= 15 is 0 Å². The highest BCUT2D eigenvalue weighted by molar-refractivity contribution is 14.1. The second-order valence-corrected chi connectivity index (χ2v) is 13.0. The molecular formula is C33H34IN3O4S. The summed E-state index contributed by atoms with van der Waals surface area (Å²) in [4.78, 5) is 29.4. The third kappa shape index (κ3) is 7.98. The minimum absolute atomic E-state index is 0.0751. The monoisotopic (exact) mass is 695 g/mol. The summed E-state index contributed by atoms with van der Waals surface area (Å²) in [5, 5.41) is 2.88. The van der Waals surface area contributed by atoms with E-state index in [9.17, 15) is 18.0 Å². The van der Waals surface area contributed by atoms with Crippen LogP contribution in [0.5, 0.6) is 0 Å². The highest BCUT2D eigenvalue weighted by Gasteiger charge is 2.34. The number of aryl methyl sites for hydroxylation is 1. The van der Waals surface area contributed by atoms with Gasteiger partial charge in [-0.15, -0.1) is 0 Å². The van der Waals surface area contributed by atoms with Crippen molar-refractivity contribution in [3.8, 4) is 0 Å². The average molecular weight is 696 g/mol. The molecule has 7 nitrogen and oxygen atoms in total. The van der Waals surface area contributed by atoms with E-state index in [1.807, 2.05) is 68.4 Å². The number of carbonyl (C=O) groups is 2. The van der Waals surface area contributed by atoms with Gasteiger partial charge in [-0.2, -0.15) is 0 Å². The van der Waals surface area contributed by atoms with E-state index < -0.39 is 28.5 Å². The number of amides is 2. The third-order valence-corrected chi connectivity index (χ3v) is 9.29. The number of benzene rings is 4.